The van der Waals surface area contributed by atoms with Crippen molar-refractivity contribution in [1.29, 1.82) is 0 Å². The highest BCUT2D eigenvalue weighted by atomic mass is 32.2. The van der Waals surface area contributed by atoms with E-state index in [-0.39, 0.29) is 17.0 Å². The molecule has 18 heavy (non-hydrogen) atoms. The molecule has 0 saturated heterocycles. The molecule has 100 valence electrons. The maximum atomic E-state index is 11.2. The SMILES string of the molecule is C[C@@H](NC[C@H](C)[S@](C)=O)c1ccc([N+](=O)[O-])cc1. The molecule has 1 N–H and O–H groups in total. The molecule has 0 spiro atoms. The smallest absolute Gasteiger partial charge is 0.269 e. The topological polar surface area (TPSA) is 72.2 Å². The third-order valence-corrected chi connectivity index (χ3v) is 4.18. The van der Waals surface area contributed by atoms with Gasteiger partial charge in [-0.1, -0.05) is 12.1 Å². The van der Waals surface area contributed by atoms with Crippen molar-refractivity contribution in [2.45, 2.75) is 25.1 Å². The van der Waals surface area contributed by atoms with Crippen molar-refractivity contribution >= 4 is 16.5 Å². The summed E-state index contributed by atoms with van der Waals surface area (Å²) in [5.41, 5.74) is 1.07. The van der Waals surface area contributed by atoms with Gasteiger partial charge in [0.05, 0.1) is 4.92 Å². The van der Waals surface area contributed by atoms with E-state index in [0.717, 1.165) is 5.56 Å². The van der Waals surface area contributed by atoms with Crippen LogP contribution in [0.3, 0.4) is 0 Å². The number of nitro groups is 1. The van der Waals surface area contributed by atoms with Crippen LogP contribution in [0.2, 0.25) is 0 Å². The third kappa shape index (κ3) is 4.19. The van der Waals surface area contributed by atoms with Crippen LogP contribution in [0.5, 0.6) is 0 Å². The Hall–Kier alpha value is -1.27. The average Bonchev–Trinajstić information content (AvgIpc) is 2.35. The zero-order valence-corrected chi connectivity index (χ0v) is 11.6. The van der Waals surface area contributed by atoms with E-state index in [9.17, 15) is 14.3 Å². The lowest BCUT2D eigenvalue weighted by atomic mass is 10.1. The van der Waals surface area contributed by atoms with Crippen molar-refractivity contribution in [1.82, 2.24) is 5.32 Å². The molecule has 6 heteroatoms. The van der Waals surface area contributed by atoms with Gasteiger partial charge in [0.25, 0.3) is 5.69 Å². The predicted octanol–water partition coefficient (Wildman–Crippen LogP) is 2.01. The maximum Gasteiger partial charge on any atom is 0.269 e. The number of rotatable bonds is 6. The number of benzene rings is 1. The molecule has 0 fully saturated rings. The Kier molecular flexibility index (Phi) is 5.43. The van der Waals surface area contributed by atoms with Gasteiger partial charge < -0.3 is 5.32 Å². The Bertz CT molecular complexity index is 433. The molecule has 0 amide bonds. The van der Waals surface area contributed by atoms with Gasteiger partial charge in [0.2, 0.25) is 0 Å². The summed E-state index contributed by atoms with van der Waals surface area (Å²) in [6.45, 7) is 4.55. The fraction of sp³-hybridized carbons (Fsp3) is 0.500. The molecule has 0 saturated carbocycles. The Morgan fingerprint density at radius 1 is 1.33 bits per heavy atom. The van der Waals surface area contributed by atoms with Crippen LogP contribution in [0.15, 0.2) is 24.3 Å². The summed E-state index contributed by atoms with van der Waals surface area (Å²) in [7, 11) is -0.845. The van der Waals surface area contributed by atoms with Crippen molar-refractivity contribution < 1.29 is 9.13 Å². The molecule has 0 unspecified atom stereocenters. The molecular weight excluding hydrogens is 252 g/mol. The van der Waals surface area contributed by atoms with Crippen LogP contribution in [0.25, 0.3) is 0 Å². The lowest BCUT2D eigenvalue weighted by Crippen LogP contribution is -2.29. The van der Waals surface area contributed by atoms with Crippen molar-refractivity contribution in [2.75, 3.05) is 12.8 Å². The molecule has 0 radical (unpaired) electrons. The number of nitrogens with one attached hydrogen (secondary N) is 1. The Morgan fingerprint density at radius 3 is 2.33 bits per heavy atom. The first-order valence-corrected chi connectivity index (χ1v) is 7.34. The quantitative estimate of drug-likeness (QED) is 0.634. The van der Waals surface area contributed by atoms with Gasteiger partial charge in [-0.2, -0.15) is 0 Å². The van der Waals surface area contributed by atoms with Crippen molar-refractivity contribution in [3.05, 3.63) is 39.9 Å². The second-order valence-electron chi connectivity index (χ2n) is 4.29. The van der Waals surface area contributed by atoms with Crippen LogP contribution < -0.4 is 5.32 Å². The zero-order valence-electron chi connectivity index (χ0n) is 10.8. The summed E-state index contributed by atoms with van der Waals surface area (Å²) in [6.07, 6.45) is 1.68. The largest absolute Gasteiger partial charge is 0.309 e. The Morgan fingerprint density at radius 2 is 1.89 bits per heavy atom. The van der Waals surface area contributed by atoms with Crippen molar-refractivity contribution in [3.63, 3.8) is 0 Å². The van der Waals surface area contributed by atoms with Crippen LogP contribution in [-0.4, -0.2) is 27.2 Å². The standard InChI is InChI=1S/C12H18N2O3S/c1-9(18(3)17)8-13-10(2)11-4-6-12(7-5-11)14(15)16/h4-7,9-10,13H,8H2,1-3H3/t9-,10+,18-/m0/s1. The third-order valence-electron chi connectivity index (χ3n) is 2.88. The molecule has 0 heterocycles. The molecule has 1 rings (SSSR count). The Labute approximate surface area is 109 Å². The van der Waals surface area contributed by atoms with Crippen LogP contribution >= 0.6 is 0 Å². The molecule has 0 aliphatic heterocycles. The fourth-order valence-corrected chi connectivity index (χ4v) is 1.79. The van der Waals surface area contributed by atoms with Crippen LogP contribution in [0.4, 0.5) is 5.69 Å². The van der Waals surface area contributed by atoms with E-state index in [1.165, 1.54) is 12.1 Å². The molecule has 0 aromatic heterocycles. The molecule has 3 atom stereocenters. The van der Waals surface area contributed by atoms with Gasteiger partial charge in [-0.25, -0.2) is 0 Å². The van der Waals surface area contributed by atoms with E-state index in [0.29, 0.717) is 6.54 Å². The second-order valence-corrected chi connectivity index (χ2v) is 6.09. The van der Waals surface area contributed by atoms with Gasteiger partial charge in [0.1, 0.15) is 0 Å². The van der Waals surface area contributed by atoms with Gasteiger partial charge in [-0.05, 0) is 19.4 Å². The summed E-state index contributed by atoms with van der Waals surface area (Å²) in [6, 6.07) is 6.55. The first kappa shape index (κ1) is 14.8. The highest BCUT2D eigenvalue weighted by Crippen LogP contribution is 2.17. The molecule has 5 nitrogen and oxygen atoms in total. The molecule has 0 aliphatic rings. The fourth-order valence-electron chi connectivity index (χ4n) is 1.46. The highest BCUT2D eigenvalue weighted by molar-refractivity contribution is 7.84. The predicted molar refractivity (Wildman–Crippen MR) is 73.0 cm³/mol. The number of nitrogens with zero attached hydrogens (tertiary/aromatic N) is 1. The summed E-state index contributed by atoms with van der Waals surface area (Å²) in [4.78, 5) is 10.1. The van der Waals surface area contributed by atoms with E-state index >= 15 is 0 Å². The van der Waals surface area contributed by atoms with E-state index in [1.54, 1.807) is 18.4 Å². The van der Waals surface area contributed by atoms with Crippen molar-refractivity contribution in [2.24, 2.45) is 0 Å². The lowest BCUT2D eigenvalue weighted by Gasteiger charge is -2.16. The van der Waals surface area contributed by atoms with Gasteiger partial charge >= 0.3 is 0 Å². The van der Waals surface area contributed by atoms with Crippen molar-refractivity contribution in [3.8, 4) is 0 Å². The number of hydrogen-bond donors (Lipinski definition) is 1. The number of hydrogen-bond acceptors (Lipinski definition) is 4. The average molecular weight is 270 g/mol. The summed E-state index contributed by atoms with van der Waals surface area (Å²) in [5.74, 6) is 0. The van der Waals surface area contributed by atoms with Gasteiger partial charge in [-0.15, -0.1) is 0 Å². The molecule has 0 aliphatic carbocycles. The van der Waals surface area contributed by atoms with Crippen LogP contribution in [-0.2, 0) is 10.8 Å². The minimum absolute atomic E-state index is 0.0804. The summed E-state index contributed by atoms with van der Waals surface area (Å²) in [5, 5.41) is 13.9. The molecular formula is C12H18N2O3S. The highest BCUT2D eigenvalue weighted by Gasteiger charge is 2.11. The number of non-ortho nitro benzene ring substituents is 1. The van der Waals surface area contributed by atoms with E-state index in [1.807, 2.05) is 13.8 Å². The number of nitro benzene ring substituents is 1. The van der Waals surface area contributed by atoms with E-state index in [4.69, 9.17) is 0 Å². The second kappa shape index (κ2) is 6.61. The minimum Gasteiger partial charge on any atom is -0.309 e. The summed E-state index contributed by atoms with van der Waals surface area (Å²) >= 11 is 0. The maximum absolute atomic E-state index is 11.2. The van der Waals surface area contributed by atoms with Gasteiger partial charge in [0.15, 0.2) is 0 Å². The first-order chi connectivity index (χ1) is 8.41. The Balaban J connectivity index is 2.59. The monoisotopic (exact) mass is 270 g/mol. The van der Waals surface area contributed by atoms with Crippen LogP contribution in [0.1, 0.15) is 25.5 Å². The van der Waals surface area contributed by atoms with E-state index < -0.39 is 15.7 Å². The summed E-state index contributed by atoms with van der Waals surface area (Å²) < 4.78 is 11.2. The van der Waals surface area contributed by atoms with Gasteiger partial charge in [0, 0.05) is 47.0 Å². The minimum atomic E-state index is -0.845. The first-order valence-electron chi connectivity index (χ1n) is 5.71. The molecule has 1 aromatic rings. The normalized spacial score (nSPS) is 15.9. The van der Waals surface area contributed by atoms with E-state index in [2.05, 4.69) is 5.32 Å². The lowest BCUT2D eigenvalue weighted by molar-refractivity contribution is -0.384. The molecule has 0 bridgehead atoms. The van der Waals surface area contributed by atoms with Crippen LogP contribution in [0, 0.1) is 10.1 Å². The van der Waals surface area contributed by atoms with Gasteiger partial charge in [-0.3, -0.25) is 14.3 Å². The molecule has 1 aromatic carbocycles. The zero-order chi connectivity index (χ0) is 13.7.